The Bertz CT molecular complexity index is 2350. The van der Waals surface area contributed by atoms with Gasteiger partial charge < -0.3 is 19.9 Å². The number of rotatable bonds is 13. The Balaban J connectivity index is 1.00. The number of para-hydroxylation sites is 2. The molecule has 4 atom stereocenters. The van der Waals surface area contributed by atoms with Gasteiger partial charge in [-0.15, -0.1) is 0 Å². The smallest absolute Gasteiger partial charge is 0.271 e. The number of carbonyl (C=O) groups is 1. The lowest BCUT2D eigenvalue weighted by Crippen LogP contribution is -2.44. The van der Waals surface area contributed by atoms with Crippen molar-refractivity contribution >= 4 is 16.9 Å². The summed E-state index contributed by atoms with van der Waals surface area (Å²) in [5.41, 5.74) is 10.1. The molecule has 8 heteroatoms. The molecule has 8 nitrogen and oxygen atoms in total. The summed E-state index contributed by atoms with van der Waals surface area (Å²) in [6, 6.07) is 53.3. The maximum Gasteiger partial charge on any atom is 0.271 e. The first-order valence-corrected chi connectivity index (χ1v) is 19.5. The molecule has 1 fully saturated rings. The predicted octanol–water partition coefficient (Wildman–Crippen LogP) is 9.21. The first kappa shape index (κ1) is 37.9. The summed E-state index contributed by atoms with van der Waals surface area (Å²) >= 11 is 0. The van der Waals surface area contributed by atoms with Crippen LogP contribution in [0.5, 0.6) is 0 Å². The monoisotopic (exact) mass is 754 g/mol. The van der Waals surface area contributed by atoms with Gasteiger partial charge in [0, 0.05) is 37.7 Å². The normalized spacial score (nSPS) is 18.1. The van der Waals surface area contributed by atoms with Crippen LogP contribution in [-0.2, 0) is 35.7 Å². The SMILES string of the molecule is C[C@@H]1[C@H](CN(Cc2ccccc2)Cc2ccccc2)O[C@H](c2ccc(-c3cccc(CNC(=O)c4cnc5ccccc5n4)c3)cc2)O[C@@H]1c1ccc(CO)cc1. The van der Waals surface area contributed by atoms with Crippen LogP contribution in [0.15, 0.2) is 164 Å². The highest BCUT2D eigenvalue weighted by Crippen LogP contribution is 2.42. The van der Waals surface area contributed by atoms with Gasteiger partial charge in [-0.1, -0.05) is 146 Å². The van der Waals surface area contributed by atoms with E-state index in [4.69, 9.17) is 9.47 Å². The highest BCUT2D eigenvalue weighted by molar-refractivity contribution is 5.93. The van der Waals surface area contributed by atoms with Crippen LogP contribution in [0.1, 0.15) is 63.2 Å². The van der Waals surface area contributed by atoms with E-state index < -0.39 is 6.29 Å². The Morgan fingerprint density at radius 2 is 1.30 bits per heavy atom. The topological polar surface area (TPSA) is 96.8 Å². The van der Waals surface area contributed by atoms with Crippen molar-refractivity contribution in [1.29, 1.82) is 0 Å². The molecule has 57 heavy (non-hydrogen) atoms. The van der Waals surface area contributed by atoms with E-state index in [-0.39, 0.29) is 36.3 Å². The Morgan fingerprint density at radius 1 is 0.667 bits per heavy atom. The van der Waals surface area contributed by atoms with Gasteiger partial charge >= 0.3 is 0 Å². The van der Waals surface area contributed by atoms with Crippen LogP contribution in [0.2, 0.25) is 0 Å². The zero-order valence-electron chi connectivity index (χ0n) is 31.9. The van der Waals surface area contributed by atoms with Crippen LogP contribution in [0.4, 0.5) is 0 Å². The van der Waals surface area contributed by atoms with Crippen LogP contribution in [0, 0.1) is 5.92 Å². The van der Waals surface area contributed by atoms with Crippen molar-refractivity contribution < 1.29 is 19.4 Å². The number of carbonyl (C=O) groups excluding carboxylic acids is 1. The van der Waals surface area contributed by atoms with Gasteiger partial charge in [0.15, 0.2) is 6.29 Å². The number of fused-ring (bicyclic) bond motifs is 1. The van der Waals surface area contributed by atoms with Crippen molar-refractivity contribution in [3.8, 4) is 11.1 Å². The van der Waals surface area contributed by atoms with Gasteiger partial charge in [-0.25, -0.2) is 4.98 Å². The second kappa shape index (κ2) is 17.8. The van der Waals surface area contributed by atoms with E-state index in [2.05, 4.69) is 136 Å². The fourth-order valence-electron chi connectivity index (χ4n) is 7.48. The number of nitrogens with one attached hydrogen (secondary N) is 1. The van der Waals surface area contributed by atoms with Crippen LogP contribution < -0.4 is 5.32 Å². The largest absolute Gasteiger partial charge is 0.392 e. The molecule has 8 rings (SSSR count). The third-order valence-electron chi connectivity index (χ3n) is 10.6. The van der Waals surface area contributed by atoms with Gasteiger partial charge in [0.25, 0.3) is 5.91 Å². The Kier molecular flexibility index (Phi) is 11.8. The third-order valence-corrected chi connectivity index (χ3v) is 10.6. The van der Waals surface area contributed by atoms with Gasteiger partial charge in [-0.3, -0.25) is 14.7 Å². The lowest BCUT2D eigenvalue weighted by Gasteiger charge is -2.43. The van der Waals surface area contributed by atoms with Gasteiger partial charge in [0.2, 0.25) is 0 Å². The maximum atomic E-state index is 13.0. The number of aliphatic hydroxyl groups excluding tert-OH is 1. The summed E-state index contributed by atoms with van der Waals surface area (Å²) < 4.78 is 13.7. The van der Waals surface area contributed by atoms with E-state index in [0.29, 0.717) is 18.6 Å². The fraction of sp³-hybridized carbons (Fsp3) is 0.204. The van der Waals surface area contributed by atoms with Crippen molar-refractivity contribution in [3.05, 3.63) is 203 Å². The molecule has 1 aliphatic heterocycles. The van der Waals surface area contributed by atoms with Crippen LogP contribution in [-0.4, -0.2) is 38.5 Å². The average molecular weight is 755 g/mol. The third kappa shape index (κ3) is 9.34. The number of aliphatic hydroxyl groups is 1. The highest BCUT2D eigenvalue weighted by Gasteiger charge is 2.39. The number of ether oxygens (including phenoxy) is 2. The molecule has 0 unspecified atom stereocenters. The molecular formula is C49H46N4O4. The number of aromatic nitrogens is 2. The molecule has 0 bridgehead atoms. The molecule has 0 aliphatic carbocycles. The quantitative estimate of drug-likeness (QED) is 0.121. The summed E-state index contributed by atoms with van der Waals surface area (Å²) in [7, 11) is 0. The number of hydrogen-bond acceptors (Lipinski definition) is 7. The first-order chi connectivity index (χ1) is 28.0. The van der Waals surface area contributed by atoms with Crippen molar-refractivity contribution in [1.82, 2.24) is 20.2 Å². The summed E-state index contributed by atoms with van der Waals surface area (Å²) in [6.45, 7) is 4.85. The molecule has 1 aliphatic rings. The molecule has 2 N–H and O–H groups in total. The molecule has 286 valence electrons. The molecule has 1 aromatic heterocycles. The van der Waals surface area contributed by atoms with Gasteiger partial charge in [0.05, 0.1) is 36.0 Å². The standard InChI is InChI=1S/C49H46N4O4/c1-34-46(32-53(30-35-11-4-2-5-12-35)31-36-13-6-3-7-14-36)56-49(57-47(34)40-21-19-37(33-54)20-22-40)41-25-23-39(24-26-41)42-16-10-15-38(27-42)28-51-48(55)45-29-50-43-17-8-9-18-44(43)52-45/h2-27,29,34,46-47,49,54H,28,30-33H2,1H3,(H,51,55)/t34-,46+,47+,49+/m1/s1. The second-order valence-electron chi connectivity index (χ2n) is 14.7. The van der Waals surface area contributed by atoms with Gasteiger partial charge in [-0.2, -0.15) is 0 Å². The molecular weight excluding hydrogens is 709 g/mol. The minimum absolute atomic E-state index is 0.00589. The average Bonchev–Trinajstić information content (AvgIpc) is 3.27. The van der Waals surface area contributed by atoms with E-state index in [0.717, 1.165) is 52.0 Å². The van der Waals surface area contributed by atoms with Crippen molar-refractivity contribution in [2.24, 2.45) is 5.92 Å². The van der Waals surface area contributed by atoms with E-state index in [1.165, 1.54) is 17.3 Å². The molecule has 0 spiro atoms. The Hall–Kier alpha value is -6.03. The summed E-state index contributed by atoms with van der Waals surface area (Å²) in [5.74, 6) is -0.222. The minimum atomic E-state index is -0.585. The number of amides is 1. The molecule has 0 saturated carbocycles. The summed E-state index contributed by atoms with van der Waals surface area (Å²) in [6.07, 6.45) is 0.575. The van der Waals surface area contributed by atoms with E-state index in [9.17, 15) is 9.90 Å². The van der Waals surface area contributed by atoms with E-state index in [1.807, 2.05) is 48.5 Å². The number of nitrogens with zero attached hydrogens (tertiary/aromatic N) is 3. The Morgan fingerprint density at radius 3 is 1.98 bits per heavy atom. The van der Waals surface area contributed by atoms with Gasteiger partial charge in [-0.05, 0) is 57.1 Å². The summed E-state index contributed by atoms with van der Waals surface area (Å²) in [4.78, 5) is 24.3. The number of hydrogen-bond donors (Lipinski definition) is 2. The second-order valence-corrected chi connectivity index (χ2v) is 14.7. The zero-order valence-corrected chi connectivity index (χ0v) is 31.9. The predicted molar refractivity (Wildman–Crippen MR) is 223 cm³/mol. The van der Waals surface area contributed by atoms with E-state index in [1.54, 1.807) is 0 Å². The molecule has 1 saturated heterocycles. The minimum Gasteiger partial charge on any atom is -0.392 e. The molecule has 1 amide bonds. The van der Waals surface area contributed by atoms with Crippen molar-refractivity contribution in [2.75, 3.05) is 6.54 Å². The van der Waals surface area contributed by atoms with E-state index >= 15 is 0 Å². The maximum absolute atomic E-state index is 13.0. The summed E-state index contributed by atoms with van der Waals surface area (Å²) in [5, 5.41) is 12.7. The first-order valence-electron chi connectivity index (χ1n) is 19.5. The molecule has 6 aromatic carbocycles. The molecule has 0 radical (unpaired) electrons. The van der Waals surface area contributed by atoms with Crippen LogP contribution >= 0.6 is 0 Å². The lowest BCUT2D eigenvalue weighted by atomic mass is 9.89. The number of benzene rings is 6. The lowest BCUT2D eigenvalue weighted by molar-refractivity contribution is -0.276. The zero-order chi connectivity index (χ0) is 39.0. The molecule has 2 heterocycles. The van der Waals surface area contributed by atoms with Crippen LogP contribution in [0.25, 0.3) is 22.2 Å². The fourth-order valence-corrected chi connectivity index (χ4v) is 7.48. The Labute approximate surface area is 333 Å². The highest BCUT2D eigenvalue weighted by atomic mass is 16.7. The van der Waals surface area contributed by atoms with Crippen molar-refractivity contribution in [3.63, 3.8) is 0 Å². The molecule has 7 aromatic rings. The van der Waals surface area contributed by atoms with Gasteiger partial charge in [0.1, 0.15) is 5.69 Å². The van der Waals surface area contributed by atoms with Crippen molar-refractivity contribution in [2.45, 2.75) is 51.7 Å². The van der Waals surface area contributed by atoms with Crippen LogP contribution in [0.3, 0.4) is 0 Å².